The van der Waals surface area contributed by atoms with Crippen LogP contribution < -0.4 is 15.5 Å². The molecule has 0 saturated heterocycles. The third-order valence-corrected chi connectivity index (χ3v) is 6.24. The number of nitrogens with one attached hydrogen (secondary N) is 2. The van der Waals surface area contributed by atoms with Crippen LogP contribution in [0, 0.1) is 0 Å². The molecule has 0 aliphatic carbocycles. The maximum Gasteiger partial charge on any atom is 0.247 e. The SMILES string of the molecule is C=CC(=O)Nc1cc(CNc2cc(-c3cn(C)c4ccccc34)ccn2)ccc1N(C)CCN(C)C. The summed E-state index contributed by atoms with van der Waals surface area (Å²) in [5, 5.41) is 7.61. The third-order valence-electron chi connectivity index (χ3n) is 6.24. The van der Waals surface area contributed by atoms with Crippen LogP contribution in [0.1, 0.15) is 5.56 Å². The van der Waals surface area contributed by atoms with Gasteiger partial charge in [0.25, 0.3) is 0 Å². The summed E-state index contributed by atoms with van der Waals surface area (Å²) in [5.41, 5.74) is 6.25. The van der Waals surface area contributed by atoms with Crippen molar-refractivity contribution in [1.29, 1.82) is 0 Å². The van der Waals surface area contributed by atoms with E-state index in [9.17, 15) is 4.79 Å². The van der Waals surface area contributed by atoms with Gasteiger partial charge in [-0.2, -0.15) is 0 Å². The van der Waals surface area contributed by atoms with Gasteiger partial charge >= 0.3 is 0 Å². The number of likely N-dealkylation sites (N-methyl/N-ethyl adjacent to an activating group) is 2. The van der Waals surface area contributed by atoms with E-state index >= 15 is 0 Å². The number of benzene rings is 2. The zero-order valence-corrected chi connectivity index (χ0v) is 21.5. The largest absolute Gasteiger partial charge is 0.372 e. The predicted octanol–water partition coefficient (Wildman–Crippen LogP) is 4.97. The summed E-state index contributed by atoms with van der Waals surface area (Å²) in [6.45, 7) is 5.91. The number of aromatic nitrogens is 2. The van der Waals surface area contributed by atoms with Gasteiger partial charge in [0.15, 0.2) is 0 Å². The van der Waals surface area contributed by atoms with Gasteiger partial charge in [0, 0.05) is 62.6 Å². The Morgan fingerprint density at radius 1 is 1.08 bits per heavy atom. The zero-order chi connectivity index (χ0) is 25.7. The minimum atomic E-state index is -0.230. The van der Waals surface area contributed by atoms with Gasteiger partial charge in [0.1, 0.15) is 5.82 Å². The van der Waals surface area contributed by atoms with Crippen LogP contribution in [-0.4, -0.2) is 54.6 Å². The zero-order valence-electron chi connectivity index (χ0n) is 21.5. The van der Waals surface area contributed by atoms with Gasteiger partial charge in [-0.25, -0.2) is 4.98 Å². The molecular weight excluding hydrogens is 448 g/mol. The third kappa shape index (κ3) is 5.75. The Morgan fingerprint density at radius 3 is 2.67 bits per heavy atom. The van der Waals surface area contributed by atoms with E-state index in [0.29, 0.717) is 6.54 Å². The summed E-state index contributed by atoms with van der Waals surface area (Å²) in [7, 11) is 8.19. The van der Waals surface area contributed by atoms with Crippen LogP contribution in [0.5, 0.6) is 0 Å². The molecular formula is C29H34N6O. The second-order valence-electron chi connectivity index (χ2n) is 9.22. The average molecular weight is 483 g/mol. The monoisotopic (exact) mass is 482 g/mol. The number of para-hydroxylation sites is 1. The Morgan fingerprint density at radius 2 is 1.89 bits per heavy atom. The Kier molecular flexibility index (Phi) is 7.71. The van der Waals surface area contributed by atoms with Gasteiger partial charge in [-0.05, 0) is 61.6 Å². The summed E-state index contributed by atoms with van der Waals surface area (Å²) < 4.78 is 2.15. The van der Waals surface area contributed by atoms with Crippen LogP contribution >= 0.6 is 0 Å². The van der Waals surface area contributed by atoms with Crippen molar-refractivity contribution in [3.63, 3.8) is 0 Å². The van der Waals surface area contributed by atoms with Crippen LogP contribution in [0.4, 0.5) is 17.2 Å². The van der Waals surface area contributed by atoms with Crippen LogP contribution in [-0.2, 0) is 18.4 Å². The Labute approximate surface area is 213 Å². The van der Waals surface area contributed by atoms with Gasteiger partial charge in [-0.3, -0.25) is 4.79 Å². The van der Waals surface area contributed by atoms with E-state index in [2.05, 4.69) is 86.2 Å². The van der Waals surface area contributed by atoms with Crippen molar-refractivity contribution in [2.24, 2.45) is 7.05 Å². The second-order valence-corrected chi connectivity index (χ2v) is 9.22. The number of carbonyl (C=O) groups is 1. The molecule has 0 spiro atoms. The number of nitrogens with zero attached hydrogens (tertiary/aromatic N) is 4. The molecule has 4 aromatic rings. The van der Waals surface area contributed by atoms with E-state index in [4.69, 9.17) is 0 Å². The first kappa shape index (κ1) is 25.0. The first-order chi connectivity index (χ1) is 17.4. The Balaban J connectivity index is 1.54. The van der Waals surface area contributed by atoms with E-state index in [0.717, 1.165) is 41.4 Å². The minimum absolute atomic E-state index is 0.230. The van der Waals surface area contributed by atoms with Crippen molar-refractivity contribution in [3.8, 4) is 11.1 Å². The molecule has 2 heterocycles. The normalized spacial score (nSPS) is 11.0. The highest BCUT2D eigenvalue weighted by atomic mass is 16.1. The first-order valence-corrected chi connectivity index (χ1v) is 12.0. The topological polar surface area (TPSA) is 65.4 Å². The highest BCUT2D eigenvalue weighted by molar-refractivity contribution is 6.01. The molecule has 4 rings (SSSR count). The standard InChI is InChI=1S/C29H34N6O/c1-6-29(36)32-25-17-21(11-12-27(25)34(4)16-15-33(2)3)19-31-28-18-22(13-14-30-28)24-20-35(5)26-10-8-7-9-23(24)26/h6-14,17-18,20H,1,15-16,19H2,2-5H3,(H,30,31)(H,32,36). The summed E-state index contributed by atoms with van der Waals surface area (Å²) in [5.74, 6) is 0.566. The summed E-state index contributed by atoms with van der Waals surface area (Å²) in [6.07, 6.45) is 5.28. The molecule has 0 aliphatic rings. The maximum atomic E-state index is 12.1. The molecule has 7 heteroatoms. The molecule has 0 bridgehead atoms. The van der Waals surface area contributed by atoms with Gasteiger partial charge in [0.05, 0.1) is 11.4 Å². The number of fused-ring (bicyclic) bond motifs is 1. The fourth-order valence-electron chi connectivity index (χ4n) is 4.24. The van der Waals surface area contributed by atoms with Gasteiger partial charge in [-0.15, -0.1) is 0 Å². The van der Waals surface area contributed by atoms with E-state index < -0.39 is 0 Å². The number of aryl methyl sites for hydroxylation is 1. The smallest absolute Gasteiger partial charge is 0.247 e. The van der Waals surface area contributed by atoms with Crippen molar-refractivity contribution in [3.05, 3.63) is 85.2 Å². The molecule has 0 fully saturated rings. The number of anilines is 3. The summed E-state index contributed by atoms with van der Waals surface area (Å²) in [6, 6.07) is 18.6. The van der Waals surface area contributed by atoms with E-state index in [1.807, 2.05) is 45.5 Å². The van der Waals surface area contributed by atoms with Crippen LogP contribution in [0.2, 0.25) is 0 Å². The lowest BCUT2D eigenvalue weighted by atomic mass is 10.1. The molecule has 0 radical (unpaired) electrons. The molecule has 186 valence electrons. The molecule has 0 unspecified atom stereocenters. The van der Waals surface area contributed by atoms with Gasteiger partial charge < -0.3 is 25.0 Å². The fraction of sp³-hybridized carbons (Fsp3) is 0.241. The number of carbonyl (C=O) groups excluding carboxylic acids is 1. The molecule has 0 aliphatic heterocycles. The molecule has 2 aromatic carbocycles. The van der Waals surface area contributed by atoms with Crippen LogP contribution in [0.25, 0.3) is 22.0 Å². The fourth-order valence-corrected chi connectivity index (χ4v) is 4.24. The molecule has 2 N–H and O–H groups in total. The number of amides is 1. The van der Waals surface area contributed by atoms with Crippen molar-refractivity contribution < 1.29 is 4.79 Å². The quantitative estimate of drug-likeness (QED) is 0.312. The Bertz CT molecular complexity index is 1370. The first-order valence-electron chi connectivity index (χ1n) is 12.0. The number of hydrogen-bond acceptors (Lipinski definition) is 5. The van der Waals surface area contributed by atoms with E-state index in [-0.39, 0.29) is 5.91 Å². The van der Waals surface area contributed by atoms with E-state index in [1.165, 1.54) is 22.5 Å². The van der Waals surface area contributed by atoms with Crippen LogP contribution in [0.3, 0.4) is 0 Å². The molecule has 0 saturated carbocycles. The van der Waals surface area contributed by atoms with Crippen LogP contribution in [0.15, 0.2) is 79.6 Å². The number of pyridine rings is 1. The number of rotatable bonds is 10. The number of hydrogen-bond donors (Lipinski definition) is 2. The lowest BCUT2D eigenvalue weighted by Crippen LogP contribution is -2.29. The summed E-state index contributed by atoms with van der Waals surface area (Å²) >= 11 is 0. The van der Waals surface area contributed by atoms with Gasteiger partial charge in [-0.1, -0.05) is 30.8 Å². The van der Waals surface area contributed by atoms with Crippen molar-refractivity contribution in [1.82, 2.24) is 14.5 Å². The molecule has 36 heavy (non-hydrogen) atoms. The van der Waals surface area contributed by atoms with Crippen molar-refractivity contribution in [2.45, 2.75) is 6.54 Å². The van der Waals surface area contributed by atoms with Gasteiger partial charge in [0.2, 0.25) is 5.91 Å². The average Bonchev–Trinajstić information content (AvgIpc) is 3.23. The lowest BCUT2D eigenvalue weighted by molar-refractivity contribution is -0.111. The van der Waals surface area contributed by atoms with E-state index in [1.54, 1.807) is 0 Å². The molecule has 1 amide bonds. The highest BCUT2D eigenvalue weighted by Gasteiger charge is 2.12. The van der Waals surface area contributed by atoms with Crippen molar-refractivity contribution >= 4 is 34.0 Å². The molecule has 0 atom stereocenters. The highest BCUT2D eigenvalue weighted by Crippen LogP contribution is 2.31. The molecule has 2 aromatic heterocycles. The Hall–Kier alpha value is -4.10. The predicted molar refractivity (Wildman–Crippen MR) is 151 cm³/mol. The maximum absolute atomic E-state index is 12.1. The van der Waals surface area contributed by atoms with Crippen molar-refractivity contribution in [2.75, 3.05) is 49.8 Å². The second kappa shape index (κ2) is 11.1. The lowest BCUT2D eigenvalue weighted by Gasteiger charge is -2.24. The molecule has 7 nitrogen and oxygen atoms in total. The minimum Gasteiger partial charge on any atom is -0.372 e. The summed E-state index contributed by atoms with van der Waals surface area (Å²) in [4.78, 5) is 20.9.